The molecule has 8 nitrogen and oxygen atoms in total. The van der Waals surface area contributed by atoms with Crippen molar-refractivity contribution < 1.29 is 29.6 Å². The van der Waals surface area contributed by atoms with Crippen molar-refractivity contribution in [2.75, 3.05) is 12.1 Å². The predicted molar refractivity (Wildman–Crippen MR) is 92.7 cm³/mol. The number of benzene rings is 2. The first-order valence-electron chi connectivity index (χ1n) is 7.61. The number of hydrogen-bond donors (Lipinski definition) is 4. The second kappa shape index (κ2) is 6.87. The molecule has 4 N–H and O–H groups in total. The lowest BCUT2D eigenvalue weighted by Crippen LogP contribution is -2.37. The molecule has 2 aromatic rings. The van der Waals surface area contributed by atoms with E-state index in [0.29, 0.717) is 11.3 Å². The monoisotopic (exact) mass is 356 g/mol. The summed E-state index contributed by atoms with van der Waals surface area (Å²) < 4.78 is 5.02. The van der Waals surface area contributed by atoms with Gasteiger partial charge >= 0.3 is 5.97 Å². The van der Waals surface area contributed by atoms with Crippen LogP contribution < -0.4 is 15.2 Å². The summed E-state index contributed by atoms with van der Waals surface area (Å²) in [6.07, 6.45) is 0.194. The Morgan fingerprint density at radius 2 is 2.04 bits per heavy atom. The molecule has 0 spiro atoms. The molecule has 1 aliphatic heterocycles. The fourth-order valence-electron chi connectivity index (χ4n) is 2.57. The van der Waals surface area contributed by atoms with Crippen molar-refractivity contribution in [2.45, 2.75) is 6.23 Å². The number of nitrogens with one attached hydrogen (secondary N) is 1. The van der Waals surface area contributed by atoms with E-state index in [0.717, 1.165) is 5.01 Å². The third-order valence-electron chi connectivity index (χ3n) is 3.87. The maximum Gasteiger partial charge on any atom is 0.335 e. The average Bonchev–Trinajstić information content (AvgIpc) is 2.91. The van der Waals surface area contributed by atoms with Gasteiger partial charge in [-0.2, -0.15) is 5.43 Å². The van der Waals surface area contributed by atoms with Crippen molar-refractivity contribution >= 4 is 23.6 Å². The molecule has 1 fully saturated rings. The molecule has 1 heterocycles. The molecular formula is C18H16N2O6. The van der Waals surface area contributed by atoms with Gasteiger partial charge in [-0.05, 0) is 42.0 Å². The molecule has 3 rings (SSSR count). The van der Waals surface area contributed by atoms with Crippen molar-refractivity contribution in [2.24, 2.45) is 0 Å². The highest BCUT2D eigenvalue weighted by atomic mass is 16.5. The van der Waals surface area contributed by atoms with Crippen LogP contribution in [0.3, 0.4) is 0 Å². The van der Waals surface area contributed by atoms with E-state index in [1.807, 2.05) is 0 Å². The summed E-state index contributed by atoms with van der Waals surface area (Å²) in [5.41, 5.74) is 3.52. The summed E-state index contributed by atoms with van der Waals surface area (Å²) in [7, 11) is 1.40. The number of methoxy groups -OCH3 is 1. The van der Waals surface area contributed by atoms with Crippen LogP contribution in [0.25, 0.3) is 6.08 Å². The molecule has 1 atom stereocenters. The summed E-state index contributed by atoms with van der Waals surface area (Å²) in [6, 6.07) is 10.3. The van der Waals surface area contributed by atoms with Crippen LogP contribution in [0, 0.1) is 0 Å². The number of rotatable bonds is 4. The number of hydrazine groups is 1. The van der Waals surface area contributed by atoms with Gasteiger partial charge in [0.05, 0.1) is 23.9 Å². The second-order valence-electron chi connectivity index (χ2n) is 5.56. The summed E-state index contributed by atoms with van der Waals surface area (Å²) in [6.45, 7) is 0. The number of amides is 1. The minimum atomic E-state index is -1.27. The number of aromatic carboxylic acids is 1. The molecule has 134 valence electrons. The maximum absolute atomic E-state index is 12.6. The highest BCUT2D eigenvalue weighted by Crippen LogP contribution is 2.29. The largest absolute Gasteiger partial charge is 0.504 e. The summed E-state index contributed by atoms with van der Waals surface area (Å²) in [4.78, 5) is 23.7. The van der Waals surface area contributed by atoms with E-state index in [-0.39, 0.29) is 22.6 Å². The Bertz CT molecular complexity index is 908. The number of aromatic hydroxyl groups is 1. The van der Waals surface area contributed by atoms with Crippen molar-refractivity contribution in [3.63, 3.8) is 0 Å². The number of phenolic OH excluding ortho intramolecular Hbond substituents is 1. The van der Waals surface area contributed by atoms with E-state index < -0.39 is 18.1 Å². The van der Waals surface area contributed by atoms with Crippen LogP contribution in [0.15, 0.2) is 48.0 Å². The van der Waals surface area contributed by atoms with Crippen LogP contribution in [0.4, 0.5) is 5.69 Å². The molecule has 1 unspecified atom stereocenters. The number of aliphatic hydroxyl groups excluding tert-OH is 1. The Hall–Kier alpha value is -3.36. The Morgan fingerprint density at radius 1 is 1.27 bits per heavy atom. The van der Waals surface area contributed by atoms with Crippen molar-refractivity contribution in [1.29, 1.82) is 0 Å². The lowest BCUT2D eigenvalue weighted by atomic mass is 10.1. The van der Waals surface area contributed by atoms with Gasteiger partial charge in [-0.25, -0.2) is 9.80 Å². The average molecular weight is 356 g/mol. The summed E-state index contributed by atoms with van der Waals surface area (Å²) >= 11 is 0. The van der Waals surface area contributed by atoms with Gasteiger partial charge in [-0.3, -0.25) is 4.79 Å². The van der Waals surface area contributed by atoms with Gasteiger partial charge in [-0.15, -0.1) is 0 Å². The van der Waals surface area contributed by atoms with E-state index in [1.54, 1.807) is 12.1 Å². The zero-order chi connectivity index (χ0) is 18.8. The molecule has 1 aliphatic rings. The molecule has 0 aliphatic carbocycles. The van der Waals surface area contributed by atoms with Gasteiger partial charge in [0.1, 0.15) is 0 Å². The molecule has 2 aromatic carbocycles. The van der Waals surface area contributed by atoms with Gasteiger partial charge < -0.3 is 20.1 Å². The Labute approximate surface area is 148 Å². The van der Waals surface area contributed by atoms with Crippen LogP contribution in [0.2, 0.25) is 0 Å². The first kappa shape index (κ1) is 17.5. The number of carboxylic acid groups (broad SMARTS) is 1. The van der Waals surface area contributed by atoms with E-state index in [2.05, 4.69) is 5.43 Å². The minimum Gasteiger partial charge on any atom is -0.504 e. The summed E-state index contributed by atoms with van der Waals surface area (Å²) in [5, 5.41) is 30.0. The molecule has 0 bridgehead atoms. The topological polar surface area (TPSA) is 119 Å². The second-order valence-corrected chi connectivity index (χ2v) is 5.56. The number of nitrogens with zero attached hydrogens (tertiary/aromatic N) is 1. The van der Waals surface area contributed by atoms with Gasteiger partial charge in [0, 0.05) is 0 Å². The first-order valence-corrected chi connectivity index (χ1v) is 7.61. The smallest absolute Gasteiger partial charge is 0.335 e. The molecule has 0 aromatic heterocycles. The fraction of sp³-hybridized carbons (Fsp3) is 0.111. The Balaban J connectivity index is 1.93. The molecule has 26 heavy (non-hydrogen) atoms. The lowest BCUT2D eigenvalue weighted by Gasteiger charge is -2.16. The number of ether oxygens (including phenoxy) is 1. The Morgan fingerprint density at radius 3 is 2.73 bits per heavy atom. The van der Waals surface area contributed by atoms with E-state index in [1.165, 1.54) is 43.5 Å². The highest BCUT2D eigenvalue weighted by molar-refractivity contribution is 6.11. The third kappa shape index (κ3) is 3.23. The van der Waals surface area contributed by atoms with E-state index in [4.69, 9.17) is 9.84 Å². The van der Waals surface area contributed by atoms with Gasteiger partial charge in [0.25, 0.3) is 5.91 Å². The molecule has 0 saturated carbocycles. The number of carbonyl (C=O) groups excluding carboxylic acids is 1. The normalized spacial score (nSPS) is 18.4. The van der Waals surface area contributed by atoms with Gasteiger partial charge in [-0.1, -0.05) is 12.1 Å². The predicted octanol–water partition coefficient (Wildman–Crippen LogP) is 1.35. The molecule has 0 radical (unpaired) electrons. The van der Waals surface area contributed by atoms with Crippen molar-refractivity contribution in [3.8, 4) is 11.5 Å². The van der Waals surface area contributed by atoms with Crippen LogP contribution >= 0.6 is 0 Å². The lowest BCUT2D eigenvalue weighted by molar-refractivity contribution is -0.114. The zero-order valence-electron chi connectivity index (χ0n) is 13.7. The van der Waals surface area contributed by atoms with Gasteiger partial charge in [0.15, 0.2) is 17.7 Å². The number of carbonyl (C=O) groups is 2. The molecule has 8 heteroatoms. The maximum atomic E-state index is 12.6. The van der Waals surface area contributed by atoms with E-state index >= 15 is 0 Å². The van der Waals surface area contributed by atoms with Crippen molar-refractivity contribution in [3.05, 3.63) is 59.2 Å². The fourth-order valence-corrected chi connectivity index (χ4v) is 2.57. The standard InChI is InChI=1S/C18H16N2O6/c1-26-15-8-10(5-6-14(15)21)7-13-16(22)19-20(17(13)23)12-4-2-3-11(9-12)18(24)25/h2-9,16,19,21-22H,1H3,(H,24,25). The van der Waals surface area contributed by atoms with Crippen LogP contribution in [0.5, 0.6) is 11.5 Å². The Kier molecular flexibility index (Phi) is 4.61. The number of carboxylic acids is 1. The number of hydrogen-bond acceptors (Lipinski definition) is 6. The quantitative estimate of drug-likeness (QED) is 0.611. The van der Waals surface area contributed by atoms with Crippen LogP contribution in [-0.2, 0) is 4.79 Å². The highest BCUT2D eigenvalue weighted by Gasteiger charge is 2.34. The number of phenols is 1. The number of anilines is 1. The number of aliphatic hydroxyl groups is 1. The minimum absolute atomic E-state index is 0.0206. The third-order valence-corrected chi connectivity index (χ3v) is 3.87. The molecule has 1 saturated heterocycles. The summed E-state index contributed by atoms with van der Waals surface area (Å²) in [5.74, 6) is -1.45. The van der Waals surface area contributed by atoms with E-state index in [9.17, 15) is 19.8 Å². The first-order chi connectivity index (χ1) is 12.4. The molecular weight excluding hydrogens is 340 g/mol. The van der Waals surface area contributed by atoms with Crippen LogP contribution in [-0.4, -0.2) is 40.5 Å². The van der Waals surface area contributed by atoms with Crippen molar-refractivity contribution in [1.82, 2.24) is 5.43 Å². The zero-order valence-corrected chi connectivity index (χ0v) is 13.7. The van der Waals surface area contributed by atoms with Gasteiger partial charge in [0.2, 0.25) is 0 Å². The van der Waals surface area contributed by atoms with Crippen LogP contribution in [0.1, 0.15) is 15.9 Å². The SMILES string of the molecule is COc1cc(C=C2C(=O)N(c3cccc(C(=O)O)c3)NC2O)ccc1O. The molecule has 1 amide bonds.